The summed E-state index contributed by atoms with van der Waals surface area (Å²) in [6.07, 6.45) is -2.99. The average molecular weight is 255 g/mol. The van der Waals surface area contributed by atoms with Gasteiger partial charge < -0.3 is 15.8 Å². The second kappa shape index (κ2) is 6.06. The van der Waals surface area contributed by atoms with Crippen LogP contribution in [0.25, 0.3) is 0 Å². The summed E-state index contributed by atoms with van der Waals surface area (Å²) in [6, 6.07) is 0. The van der Waals surface area contributed by atoms with Gasteiger partial charge in [-0.2, -0.15) is 0 Å². The van der Waals surface area contributed by atoms with Gasteiger partial charge in [-0.15, -0.1) is 13.2 Å². The maximum Gasteiger partial charge on any atom is 0.522 e. The van der Waals surface area contributed by atoms with Crippen molar-refractivity contribution < 1.29 is 23.1 Å². The number of ether oxygens (including phenoxy) is 1. The Labute approximate surface area is 97.0 Å². The monoisotopic (exact) mass is 255 g/mol. The lowest BCUT2D eigenvalue weighted by atomic mass is 9.97. The second-order valence-corrected chi connectivity index (χ2v) is 3.96. The van der Waals surface area contributed by atoms with E-state index in [2.05, 4.69) is 9.89 Å². The lowest BCUT2D eigenvalue weighted by molar-refractivity contribution is -0.325. The third kappa shape index (κ3) is 5.22. The van der Waals surface area contributed by atoms with E-state index < -0.39 is 13.0 Å². The van der Waals surface area contributed by atoms with Gasteiger partial charge in [-0.05, 0) is 19.4 Å². The molecule has 1 rings (SSSR count). The number of hydrogen-bond acceptors (Lipinski definition) is 4. The number of hydrogen-bond donors (Lipinski definition) is 2. The number of piperidine rings is 1. The summed E-state index contributed by atoms with van der Waals surface area (Å²) in [7, 11) is 0. The molecule has 8 heteroatoms. The molecule has 1 aliphatic heterocycles. The van der Waals surface area contributed by atoms with E-state index in [0.29, 0.717) is 13.1 Å². The van der Waals surface area contributed by atoms with E-state index in [1.165, 1.54) is 0 Å². The Hall–Kier alpha value is -1.02. The fourth-order valence-electron chi connectivity index (χ4n) is 1.87. The molecule has 0 saturated carbocycles. The van der Waals surface area contributed by atoms with Gasteiger partial charge in [0.15, 0.2) is 0 Å². The zero-order valence-corrected chi connectivity index (χ0v) is 9.28. The predicted molar refractivity (Wildman–Crippen MR) is 54.6 cm³/mol. The van der Waals surface area contributed by atoms with Gasteiger partial charge in [0.1, 0.15) is 5.84 Å². The lowest BCUT2D eigenvalue weighted by Gasteiger charge is -2.31. The van der Waals surface area contributed by atoms with Crippen LogP contribution in [0.1, 0.15) is 12.8 Å². The summed E-state index contributed by atoms with van der Waals surface area (Å²) in [5.74, 6) is 0.0334. The molecule has 5 nitrogen and oxygen atoms in total. The van der Waals surface area contributed by atoms with E-state index >= 15 is 0 Å². The summed E-state index contributed by atoms with van der Waals surface area (Å²) in [5.41, 5.74) is 5.47. The summed E-state index contributed by atoms with van der Waals surface area (Å²) < 4.78 is 39.0. The third-order valence-electron chi connectivity index (χ3n) is 2.71. The molecule has 0 amide bonds. The Morgan fingerprint density at radius 1 is 1.53 bits per heavy atom. The van der Waals surface area contributed by atoms with Crippen LogP contribution in [-0.4, -0.2) is 48.5 Å². The highest BCUT2D eigenvalue weighted by Gasteiger charge is 2.29. The van der Waals surface area contributed by atoms with E-state index in [9.17, 15) is 13.2 Å². The van der Waals surface area contributed by atoms with Crippen molar-refractivity contribution in [3.8, 4) is 0 Å². The Kier molecular flexibility index (Phi) is 5.01. The van der Waals surface area contributed by atoms with E-state index in [0.717, 1.165) is 12.8 Å². The number of amidine groups is 1. The maximum atomic E-state index is 11.8. The SMILES string of the molecule is NC(=NO)C1CCCN(CCOC(F)(F)F)C1. The van der Waals surface area contributed by atoms with E-state index in [1.54, 1.807) is 0 Å². The van der Waals surface area contributed by atoms with Crippen LogP contribution < -0.4 is 5.73 Å². The van der Waals surface area contributed by atoms with Crippen LogP contribution in [0.4, 0.5) is 13.2 Å². The zero-order chi connectivity index (χ0) is 12.9. The molecule has 1 unspecified atom stereocenters. The van der Waals surface area contributed by atoms with Crippen LogP contribution in [0.5, 0.6) is 0 Å². The molecule has 1 saturated heterocycles. The second-order valence-electron chi connectivity index (χ2n) is 3.96. The van der Waals surface area contributed by atoms with Gasteiger partial charge in [0.05, 0.1) is 6.61 Å². The summed E-state index contributed by atoms with van der Waals surface area (Å²) in [4.78, 5) is 1.82. The first-order valence-electron chi connectivity index (χ1n) is 5.33. The topological polar surface area (TPSA) is 71.1 Å². The molecule has 0 bridgehead atoms. The number of oxime groups is 1. The normalized spacial score (nSPS) is 23.9. The number of nitrogens with zero attached hydrogens (tertiary/aromatic N) is 2. The molecule has 17 heavy (non-hydrogen) atoms. The molecular weight excluding hydrogens is 239 g/mol. The van der Waals surface area contributed by atoms with Crippen molar-refractivity contribution in [1.29, 1.82) is 0 Å². The minimum Gasteiger partial charge on any atom is -0.409 e. The first kappa shape index (κ1) is 14.0. The van der Waals surface area contributed by atoms with Gasteiger partial charge in [-0.3, -0.25) is 4.74 Å². The molecule has 3 N–H and O–H groups in total. The largest absolute Gasteiger partial charge is 0.522 e. The maximum absolute atomic E-state index is 11.8. The number of halogens is 3. The van der Waals surface area contributed by atoms with Crippen molar-refractivity contribution in [2.45, 2.75) is 19.2 Å². The first-order valence-corrected chi connectivity index (χ1v) is 5.33. The molecular formula is C9H16F3N3O2. The Morgan fingerprint density at radius 2 is 2.24 bits per heavy atom. The molecule has 0 spiro atoms. The average Bonchev–Trinajstić information content (AvgIpc) is 2.27. The van der Waals surface area contributed by atoms with Crippen LogP contribution >= 0.6 is 0 Å². The van der Waals surface area contributed by atoms with Crippen molar-refractivity contribution in [3.63, 3.8) is 0 Å². The van der Waals surface area contributed by atoms with Crippen molar-refractivity contribution >= 4 is 5.84 Å². The molecule has 0 radical (unpaired) electrons. The van der Waals surface area contributed by atoms with E-state index in [1.807, 2.05) is 4.90 Å². The van der Waals surface area contributed by atoms with Gasteiger partial charge in [-0.25, -0.2) is 0 Å². The van der Waals surface area contributed by atoms with Gasteiger partial charge in [0, 0.05) is 19.0 Å². The van der Waals surface area contributed by atoms with Crippen LogP contribution in [0.2, 0.25) is 0 Å². The summed E-state index contributed by atoms with van der Waals surface area (Å²) in [5, 5.41) is 11.4. The minimum absolute atomic E-state index is 0.0976. The molecule has 1 fully saturated rings. The molecule has 1 atom stereocenters. The summed E-state index contributed by atoms with van der Waals surface area (Å²) in [6.45, 7) is 0.995. The van der Waals surface area contributed by atoms with Gasteiger partial charge in [0.25, 0.3) is 0 Å². The van der Waals surface area contributed by atoms with Gasteiger partial charge in [0.2, 0.25) is 0 Å². The molecule has 0 aliphatic carbocycles. The fraction of sp³-hybridized carbons (Fsp3) is 0.889. The molecule has 0 aromatic carbocycles. The van der Waals surface area contributed by atoms with Crippen molar-refractivity contribution in [2.75, 3.05) is 26.2 Å². The molecule has 100 valence electrons. The van der Waals surface area contributed by atoms with Crippen LogP contribution in [-0.2, 0) is 4.74 Å². The molecule has 1 heterocycles. The van der Waals surface area contributed by atoms with Crippen molar-refractivity contribution in [1.82, 2.24) is 4.90 Å². The van der Waals surface area contributed by atoms with Crippen LogP contribution in [0.3, 0.4) is 0 Å². The standard InChI is InChI=1S/C9H16F3N3O2/c10-9(11,12)17-5-4-15-3-1-2-7(6-15)8(13)14-16/h7,16H,1-6H2,(H2,13,14). The van der Waals surface area contributed by atoms with Gasteiger partial charge in [-0.1, -0.05) is 5.16 Å². The highest BCUT2D eigenvalue weighted by Crippen LogP contribution is 2.18. The Bertz CT molecular complexity index is 271. The van der Waals surface area contributed by atoms with Crippen LogP contribution in [0, 0.1) is 5.92 Å². The molecule has 0 aromatic rings. The highest BCUT2D eigenvalue weighted by molar-refractivity contribution is 5.82. The Morgan fingerprint density at radius 3 is 2.82 bits per heavy atom. The number of nitrogens with two attached hydrogens (primary N) is 1. The number of alkyl halides is 3. The lowest BCUT2D eigenvalue weighted by Crippen LogP contribution is -2.42. The number of rotatable bonds is 4. The highest BCUT2D eigenvalue weighted by atomic mass is 19.4. The van der Waals surface area contributed by atoms with Crippen LogP contribution in [0.15, 0.2) is 5.16 Å². The quantitative estimate of drug-likeness (QED) is 0.340. The minimum atomic E-state index is -4.58. The molecule has 0 aromatic heterocycles. The van der Waals surface area contributed by atoms with Gasteiger partial charge >= 0.3 is 6.36 Å². The fourth-order valence-corrected chi connectivity index (χ4v) is 1.87. The van der Waals surface area contributed by atoms with Crippen molar-refractivity contribution in [3.05, 3.63) is 0 Å². The Balaban J connectivity index is 2.30. The smallest absolute Gasteiger partial charge is 0.409 e. The van der Waals surface area contributed by atoms with E-state index in [4.69, 9.17) is 10.9 Å². The van der Waals surface area contributed by atoms with Crippen molar-refractivity contribution in [2.24, 2.45) is 16.8 Å². The predicted octanol–water partition coefficient (Wildman–Crippen LogP) is 0.981. The van der Waals surface area contributed by atoms with E-state index in [-0.39, 0.29) is 18.3 Å². The third-order valence-corrected chi connectivity index (χ3v) is 2.71. The molecule has 1 aliphatic rings. The zero-order valence-electron chi connectivity index (χ0n) is 9.28. The first-order chi connectivity index (χ1) is 7.92. The summed E-state index contributed by atoms with van der Waals surface area (Å²) >= 11 is 0. The number of likely N-dealkylation sites (tertiary alicyclic amines) is 1.